The third-order valence-corrected chi connectivity index (χ3v) is 6.73. The van der Waals surface area contributed by atoms with Crippen LogP contribution in [0.3, 0.4) is 0 Å². The fourth-order valence-electron chi connectivity index (χ4n) is 5.18. The van der Waals surface area contributed by atoms with Crippen LogP contribution < -0.4 is 0 Å². The van der Waals surface area contributed by atoms with Crippen molar-refractivity contribution in [2.75, 3.05) is 39.4 Å². The first-order chi connectivity index (χ1) is 14.2. The maximum absolute atomic E-state index is 13.5. The number of amides is 1. The van der Waals surface area contributed by atoms with E-state index in [1.165, 1.54) is 0 Å². The van der Waals surface area contributed by atoms with Crippen molar-refractivity contribution in [3.63, 3.8) is 0 Å². The molecule has 5 rings (SSSR count). The van der Waals surface area contributed by atoms with Gasteiger partial charge >= 0.3 is 0 Å². The van der Waals surface area contributed by atoms with Crippen molar-refractivity contribution >= 4 is 11.7 Å². The zero-order valence-corrected chi connectivity index (χ0v) is 16.7. The minimum absolute atomic E-state index is 0.0966. The zero-order chi connectivity index (χ0) is 19.8. The van der Waals surface area contributed by atoms with E-state index >= 15 is 0 Å². The number of carbonyl (C=O) groups is 2. The Labute approximate surface area is 171 Å². The lowest BCUT2D eigenvalue weighted by molar-refractivity contribution is -0.135. The van der Waals surface area contributed by atoms with Gasteiger partial charge in [0, 0.05) is 26.2 Å². The van der Waals surface area contributed by atoms with Crippen molar-refractivity contribution in [1.29, 1.82) is 0 Å². The van der Waals surface area contributed by atoms with Crippen molar-refractivity contribution in [2.24, 2.45) is 5.92 Å². The molecule has 0 radical (unpaired) electrons. The number of fused-ring (bicyclic) bond motifs is 1. The summed E-state index contributed by atoms with van der Waals surface area (Å²) in [7, 11) is 0. The average Bonchev–Trinajstić information content (AvgIpc) is 3.06. The van der Waals surface area contributed by atoms with E-state index in [9.17, 15) is 9.59 Å². The van der Waals surface area contributed by atoms with Crippen LogP contribution in [0.5, 0.6) is 0 Å². The fraction of sp³-hybridized carbons (Fsp3) is 0.565. The highest BCUT2D eigenvalue weighted by Crippen LogP contribution is 2.46. The number of carbonyl (C=O) groups excluding carboxylic acids is 2. The molecule has 29 heavy (non-hydrogen) atoms. The highest BCUT2D eigenvalue weighted by molar-refractivity contribution is 6.11. The summed E-state index contributed by atoms with van der Waals surface area (Å²) in [6, 6.07) is 9.58. The van der Waals surface area contributed by atoms with Crippen LogP contribution in [0.1, 0.15) is 37.3 Å². The van der Waals surface area contributed by atoms with E-state index < -0.39 is 0 Å². The Morgan fingerprint density at radius 1 is 0.966 bits per heavy atom. The van der Waals surface area contributed by atoms with E-state index in [1.54, 1.807) is 0 Å². The highest BCUT2D eigenvalue weighted by Gasteiger charge is 2.51. The van der Waals surface area contributed by atoms with Gasteiger partial charge in [-0.15, -0.1) is 0 Å². The van der Waals surface area contributed by atoms with Crippen molar-refractivity contribution < 1.29 is 19.1 Å². The third-order valence-electron chi connectivity index (χ3n) is 6.73. The standard InChI is InChI=1S/C23H28N2O4/c26-21-17-8-4-5-9-18(17)29-22-19(21)20(16-6-2-1-3-7-16)25(23(22)27)11-10-24-12-14-28-15-13-24/h1-3,6-7,17-18,20H,4-5,8-15H2. The van der Waals surface area contributed by atoms with Gasteiger partial charge in [-0.3, -0.25) is 14.5 Å². The van der Waals surface area contributed by atoms with Gasteiger partial charge < -0.3 is 14.4 Å². The Kier molecular flexibility index (Phi) is 5.14. The molecule has 6 nitrogen and oxygen atoms in total. The largest absolute Gasteiger partial charge is 0.483 e. The number of nitrogens with zero attached hydrogens (tertiary/aromatic N) is 2. The number of morpholine rings is 1. The molecule has 4 aliphatic rings. The van der Waals surface area contributed by atoms with Crippen LogP contribution in [0, 0.1) is 5.92 Å². The Morgan fingerprint density at radius 3 is 2.52 bits per heavy atom. The molecule has 6 heteroatoms. The quantitative estimate of drug-likeness (QED) is 0.782. The maximum atomic E-state index is 13.5. The van der Waals surface area contributed by atoms with Crippen molar-refractivity contribution in [2.45, 2.75) is 37.8 Å². The van der Waals surface area contributed by atoms with Gasteiger partial charge in [-0.2, -0.15) is 0 Å². The van der Waals surface area contributed by atoms with Crippen LogP contribution in [-0.4, -0.2) is 67.0 Å². The molecule has 1 saturated heterocycles. The molecular weight excluding hydrogens is 368 g/mol. The van der Waals surface area contributed by atoms with Gasteiger partial charge in [-0.05, 0) is 24.8 Å². The molecule has 1 aromatic carbocycles. The number of benzene rings is 1. The predicted octanol–water partition coefficient (Wildman–Crippen LogP) is 2.31. The van der Waals surface area contributed by atoms with Crippen molar-refractivity contribution in [1.82, 2.24) is 9.80 Å². The van der Waals surface area contributed by atoms with Crippen LogP contribution >= 0.6 is 0 Å². The highest BCUT2D eigenvalue weighted by atomic mass is 16.5. The number of rotatable bonds is 4. The minimum Gasteiger partial charge on any atom is -0.483 e. The summed E-state index contributed by atoms with van der Waals surface area (Å²) in [6.45, 7) is 4.58. The summed E-state index contributed by atoms with van der Waals surface area (Å²) in [5, 5.41) is 0. The molecule has 0 bridgehead atoms. The van der Waals surface area contributed by atoms with Gasteiger partial charge in [-0.25, -0.2) is 0 Å². The zero-order valence-electron chi connectivity index (χ0n) is 16.7. The lowest BCUT2D eigenvalue weighted by Gasteiger charge is -2.35. The fourth-order valence-corrected chi connectivity index (χ4v) is 5.18. The summed E-state index contributed by atoms with van der Waals surface area (Å²) in [5.41, 5.74) is 1.57. The minimum atomic E-state index is -0.338. The van der Waals surface area contributed by atoms with E-state index in [0.29, 0.717) is 17.9 Å². The van der Waals surface area contributed by atoms with Crippen molar-refractivity contribution in [3.05, 3.63) is 47.2 Å². The van der Waals surface area contributed by atoms with Gasteiger partial charge in [0.15, 0.2) is 11.5 Å². The lowest BCUT2D eigenvalue weighted by Crippen LogP contribution is -2.43. The predicted molar refractivity (Wildman–Crippen MR) is 107 cm³/mol. The molecule has 3 heterocycles. The van der Waals surface area contributed by atoms with E-state index in [0.717, 1.165) is 64.1 Å². The molecule has 1 amide bonds. The number of hydrogen-bond donors (Lipinski definition) is 0. The van der Waals surface area contributed by atoms with Crippen LogP contribution in [0.25, 0.3) is 0 Å². The van der Waals surface area contributed by atoms with Gasteiger partial charge in [-0.1, -0.05) is 36.8 Å². The topological polar surface area (TPSA) is 59.1 Å². The molecular formula is C23H28N2O4. The van der Waals surface area contributed by atoms with Gasteiger partial charge in [0.25, 0.3) is 5.91 Å². The molecule has 0 spiro atoms. The van der Waals surface area contributed by atoms with Crippen LogP contribution in [0.15, 0.2) is 41.7 Å². The molecule has 1 aromatic rings. The summed E-state index contributed by atoms with van der Waals surface area (Å²) >= 11 is 0. The van der Waals surface area contributed by atoms with Crippen LogP contribution in [-0.2, 0) is 19.1 Å². The number of Topliss-reactive ketones (excluding diaryl/α,β-unsaturated/α-hetero) is 1. The second kappa shape index (κ2) is 7.92. The smallest absolute Gasteiger partial charge is 0.290 e. The van der Waals surface area contributed by atoms with E-state index in [4.69, 9.17) is 9.47 Å². The number of ether oxygens (including phenoxy) is 2. The molecule has 0 aromatic heterocycles. The summed E-state index contributed by atoms with van der Waals surface area (Å²) in [5.74, 6) is 0.223. The summed E-state index contributed by atoms with van der Waals surface area (Å²) < 4.78 is 11.6. The summed E-state index contributed by atoms with van der Waals surface area (Å²) in [6.07, 6.45) is 3.72. The average molecular weight is 396 g/mol. The van der Waals surface area contributed by atoms with Gasteiger partial charge in [0.1, 0.15) is 6.10 Å². The lowest BCUT2D eigenvalue weighted by atomic mass is 9.77. The van der Waals surface area contributed by atoms with Crippen molar-refractivity contribution in [3.8, 4) is 0 Å². The molecule has 3 atom stereocenters. The molecule has 3 aliphatic heterocycles. The SMILES string of the molecule is O=C1C2=C(OC3CCCCC13)C(=O)N(CCN1CCOCC1)C2c1ccccc1. The van der Waals surface area contributed by atoms with E-state index in [-0.39, 0.29) is 29.8 Å². The normalized spacial score (nSPS) is 30.2. The Balaban J connectivity index is 1.46. The van der Waals surface area contributed by atoms with Gasteiger partial charge in [0.05, 0.1) is 30.7 Å². The molecule has 3 unspecified atom stereocenters. The number of ketones is 1. The molecule has 1 aliphatic carbocycles. The second-order valence-electron chi connectivity index (χ2n) is 8.42. The molecule has 2 fully saturated rings. The second-order valence-corrected chi connectivity index (χ2v) is 8.42. The first kappa shape index (κ1) is 18.8. The molecule has 154 valence electrons. The molecule has 0 N–H and O–H groups in total. The van der Waals surface area contributed by atoms with E-state index in [1.807, 2.05) is 35.2 Å². The van der Waals surface area contributed by atoms with E-state index in [2.05, 4.69) is 4.90 Å². The van der Waals surface area contributed by atoms with Crippen LogP contribution in [0.4, 0.5) is 0 Å². The maximum Gasteiger partial charge on any atom is 0.290 e. The first-order valence-corrected chi connectivity index (χ1v) is 10.8. The first-order valence-electron chi connectivity index (χ1n) is 10.8. The third kappa shape index (κ3) is 3.38. The Hall–Kier alpha value is -2.18. The number of hydrogen-bond acceptors (Lipinski definition) is 5. The Morgan fingerprint density at radius 2 is 1.72 bits per heavy atom. The van der Waals surface area contributed by atoms with Gasteiger partial charge in [0.2, 0.25) is 0 Å². The molecule has 1 saturated carbocycles. The monoisotopic (exact) mass is 396 g/mol. The summed E-state index contributed by atoms with van der Waals surface area (Å²) in [4.78, 5) is 31.0. The van der Waals surface area contributed by atoms with Crippen LogP contribution in [0.2, 0.25) is 0 Å². The Bertz CT molecular complexity index is 815.